The minimum Gasteiger partial charge on any atom is -0.542 e. The smallest absolute Gasteiger partial charge is 0.542 e. The third-order valence-electron chi connectivity index (χ3n) is 1.41. The van der Waals surface area contributed by atoms with Crippen molar-refractivity contribution in [2.45, 2.75) is 18.5 Å². The molecule has 2 unspecified atom stereocenters. The zero-order chi connectivity index (χ0) is 9.30. The van der Waals surface area contributed by atoms with Crippen molar-refractivity contribution >= 4 is 5.97 Å². The van der Waals surface area contributed by atoms with Gasteiger partial charge in [-0.05, 0) is 6.08 Å². The Morgan fingerprint density at radius 1 is 1.46 bits per heavy atom. The molecule has 1 rings (SSSR count). The zero-order valence-corrected chi connectivity index (χ0v) is 8.88. The van der Waals surface area contributed by atoms with E-state index in [2.05, 4.69) is 4.74 Å². The fraction of sp³-hybridized carbons (Fsp3) is 0.500. The van der Waals surface area contributed by atoms with Crippen LogP contribution in [0.5, 0.6) is 0 Å². The van der Waals surface area contributed by atoms with Gasteiger partial charge in [0.25, 0.3) is 0 Å². The summed E-state index contributed by atoms with van der Waals surface area (Å²) in [7, 11) is 0. The van der Waals surface area contributed by atoms with Crippen LogP contribution >= 0.6 is 0 Å². The summed E-state index contributed by atoms with van der Waals surface area (Å²) in [6.07, 6.45) is -3.97. The average Bonchev–Trinajstić information content (AvgIpc) is 1.99. The van der Waals surface area contributed by atoms with E-state index >= 15 is 0 Å². The molecule has 0 amide bonds. The van der Waals surface area contributed by atoms with Crippen molar-refractivity contribution in [3.8, 4) is 0 Å². The first kappa shape index (κ1) is 12.9. The van der Waals surface area contributed by atoms with E-state index in [1.165, 1.54) is 0 Å². The summed E-state index contributed by atoms with van der Waals surface area (Å²) < 4.78 is 4.28. The number of hydrogen-bond donors (Lipinski definition) is 3. The van der Waals surface area contributed by atoms with Crippen molar-refractivity contribution in [1.82, 2.24) is 0 Å². The van der Waals surface area contributed by atoms with Crippen LogP contribution in [0.3, 0.4) is 0 Å². The van der Waals surface area contributed by atoms with E-state index in [0.29, 0.717) is 0 Å². The van der Waals surface area contributed by atoms with E-state index in [9.17, 15) is 9.90 Å². The number of carbonyl (C=O) groups is 1. The molecule has 1 aliphatic heterocycles. The van der Waals surface area contributed by atoms with Crippen LogP contribution in [0.2, 0.25) is 0 Å². The molecule has 0 spiro atoms. The van der Waals surface area contributed by atoms with E-state index in [1.54, 1.807) is 0 Å². The van der Waals surface area contributed by atoms with Crippen molar-refractivity contribution in [3.63, 3.8) is 0 Å². The maximum atomic E-state index is 10.1. The van der Waals surface area contributed by atoms with E-state index in [-0.39, 0.29) is 29.6 Å². The van der Waals surface area contributed by atoms with Crippen LogP contribution in [0, 0.1) is 0 Å². The van der Waals surface area contributed by atoms with E-state index in [1.807, 2.05) is 0 Å². The number of rotatable bonds is 1. The molecule has 7 heteroatoms. The van der Waals surface area contributed by atoms with Crippen LogP contribution in [0.1, 0.15) is 0 Å². The van der Waals surface area contributed by atoms with Crippen molar-refractivity contribution in [3.05, 3.63) is 11.8 Å². The molecule has 0 saturated carbocycles. The summed E-state index contributed by atoms with van der Waals surface area (Å²) >= 11 is 0. The predicted octanol–water partition coefficient (Wildman–Crippen LogP) is -6.31. The molecule has 13 heavy (non-hydrogen) atoms. The second-order valence-electron chi connectivity index (χ2n) is 2.31. The summed E-state index contributed by atoms with van der Waals surface area (Å²) in [6.45, 7) is 0. The molecule has 0 bridgehead atoms. The fourth-order valence-corrected chi connectivity index (χ4v) is 0.778. The number of hydrogen-bond acceptors (Lipinski definition) is 6. The van der Waals surface area contributed by atoms with Gasteiger partial charge in [0.2, 0.25) is 6.29 Å². The van der Waals surface area contributed by atoms with Gasteiger partial charge in [0.05, 0.1) is 0 Å². The Balaban J connectivity index is 0.00000144. The fourth-order valence-electron chi connectivity index (χ4n) is 0.778. The third kappa shape index (κ3) is 2.94. The first-order chi connectivity index (χ1) is 5.52. The zero-order valence-electron chi connectivity index (χ0n) is 6.88. The molecule has 0 aromatic heterocycles. The van der Waals surface area contributed by atoms with Crippen LogP contribution in [-0.4, -0.2) is 39.8 Å². The predicted molar refractivity (Wildman–Crippen MR) is 32.2 cm³/mol. The van der Waals surface area contributed by atoms with Gasteiger partial charge in [-0.2, -0.15) is 0 Å². The van der Waals surface area contributed by atoms with Crippen LogP contribution in [0.15, 0.2) is 11.8 Å². The van der Waals surface area contributed by atoms with Crippen molar-refractivity contribution in [2.75, 3.05) is 0 Å². The van der Waals surface area contributed by atoms with Gasteiger partial charge in [0.15, 0.2) is 0 Å². The molecule has 1 aliphatic rings. The van der Waals surface area contributed by atoms with Gasteiger partial charge in [-0.15, -0.1) is 0 Å². The summed E-state index contributed by atoms with van der Waals surface area (Å²) in [5, 5.41) is 36.7. The summed E-state index contributed by atoms with van der Waals surface area (Å²) in [6, 6.07) is 0. The molecule has 6 nitrogen and oxygen atoms in total. The number of aliphatic hydroxyl groups excluding tert-OH is 3. The molecule has 0 fully saturated rings. The maximum absolute atomic E-state index is 10.1. The number of carboxylic acid groups (broad SMARTS) is 1. The van der Waals surface area contributed by atoms with Crippen LogP contribution < -0.4 is 34.7 Å². The topological polar surface area (TPSA) is 110 Å². The largest absolute Gasteiger partial charge is 1.00 e. The monoisotopic (exact) mass is 198 g/mol. The number of ether oxygens (including phenoxy) is 1. The first-order valence-electron chi connectivity index (χ1n) is 3.16. The van der Waals surface area contributed by atoms with E-state index < -0.39 is 30.2 Å². The quantitative estimate of drug-likeness (QED) is 0.361. The minimum atomic E-state index is -1.74. The Morgan fingerprint density at radius 3 is 2.38 bits per heavy atom. The van der Waals surface area contributed by atoms with Crippen LogP contribution in [0.25, 0.3) is 0 Å². The third-order valence-corrected chi connectivity index (χ3v) is 1.41. The SMILES string of the molecule is O=C([O-])C1=C[C@H](O)C(O)C(O)O1.[Na+]. The van der Waals surface area contributed by atoms with Crippen molar-refractivity contribution in [2.24, 2.45) is 0 Å². The molecule has 0 radical (unpaired) electrons. The molecule has 0 aliphatic carbocycles. The van der Waals surface area contributed by atoms with Gasteiger partial charge < -0.3 is 30.0 Å². The summed E-state index contributed by atoms with van der Waals surface area (Å²) in [4.78, 5) is 10.1. The number of aliphatic carboxylic acids is 1. The maximum Gasteiger partial charge on any atom is 1.00 e. The van der Waals surface area contributed by atoms with Gasteiger partial charge in [-0.1, -0.05) is 0 Å². The van der Waals surface area contributed by atoms with Gasteiger partial charge in [0.1, 0.15) is 23.9 Å². The average molecular weight is 198 g/mol. The molecule has 1 heterocycles. The molecule has 68 valence electrons. The number of aliphatic hydroxyl groups is 3. The molecule has 0 aromatic carbocycles. The van der Waals surface area contributed by atoms with Crippen LogP contribution in [-0.2, 0) is 9.53 Å². The summed E-state index contributed by atoms with van der Waals surface area (Å²) in [5.41, 5.74) is 0. The Labute approximate surface area is 95.7 Å². The molecule has 3 N–H and O–H groups in total. The molecule has 3 atom stereocenters. The standard InChI is InChI=1S/C6H8O6.Na/c7-2-1-3(5(9)10)12-6(11)4(2)8;/h1-2,4,6-8,11H,(H,9,10);/q;+1/p-1/t2-,4?,6?;/m0./s1. The number of carboxylic acids is 1. The Morgan fingerprint density at radius 2 is 2.00 bits per heavy atom. The van der Waals surface area contributed by atoms with Gasteiger partial charge in [-0.25, -0.2) is 0 Å². The molecule has 0 saturated heterocycles. The minimum absolute atomic E-state index is 0. The van der Waals surface area contributed by atoms with Gasteiger partial charge in [0, 0.05) is 0 Å². The van der Waals surface area contributed by atoms with Gasteiger partial charge >= 0.3 is 29.6 Å². The second-order valence-corrected chi connectivity index (χ2v) is 2.31. The normalized spacial score (nSPS) is 32.5. The number of carbonyl (C=O) groups excluding carboxylic acids is 1. The Hall–Kier alpha value is -0.110. The second kappa shape index (κ2) is 4.94. The Kier molecular flexibility index (Phi) is 4.90. The van der Waals surface area contributed by atoms with Crippen LogP contribution in [0.4, 0.5) is 0 Å². The molecule has 0 aromatic rings. The Bertz CT molecular complexity index is 227. The van der Waals surface area contributed by atoms with E-state index in [4.69, 9.17) is 15.3 Å². The molecular formula is C6H7NaO6. The van der Waals surface area contributed by atoms with Crippen molar-refractivity contribution < 1.29 is 59.5 Å². The van der Waals surface area contributed by atoms with E-state index in [0.717, 1.165) is 6.08 Å². The molecular weight excluding hydrogens is 191 g/mol. The van der Waals surface area contributed by atoms with Gasteiger partial charge in [-0.3, -0.25) is 0 Å². The summed E-state index contributed by atoms with van der Waals surface area (Å²) in [5.74, 6) is -2.33. The van der Waals surface area contributed by atoms with Crippen molar-refractivity contribution in [1.29, 1.82) is 0 Å². The first-order valence-corrected chi connectivity index (χ1v) is 3.16.